The molecule has 3 aromatic rings. The fraction of sp³-hybridized carbons (Fsp3) is 0.415. The van der Waals surface area contributed by atoms with Gasteiger partial charge in [-0.3, -0.25) is 14.3 Å². The van der Waals surface area contributed by atoms with Crippen LogP contribution in [-0.4, -0.2) is 30.3 Å². The summed E-state index contributed by atoms with van der Waals surface area (Å²) in [4.78, 5) is 16.5. The van der Waals surface area contributed by atoms with Crippen LogP contribution in [0.4, 0.5) is 8.78 Å². The summed E-state index contributed by atoms with van der Waals surface area (Å²) in [6.45, 7) is 12.6. The molecule has 1 saturated heterocycles. The first-order valence-corrected chi connectivity index (χ1v) is 19.5. The molecular weight excluding hydrogens is 669 g/mol. The molecular formula is C41H51F2N2O5P. The molecule has 0 radical (unpaired) electrons. The number of halogens is 2. The van der Waals surface area contributed by atoms with Gasteiger partial charge in [0.1, 0.15) is 17.7 Å². The third-order valence-electron chi connectivity index (χ3n) is 9.68. The van der Waals surface area contributed by atoms with Gasteiger partial charge >= 0.3 is 13.6 Å². The first kappa shape index (κ1) is 39.9. The largest absolute Gasteiger partial charge is 0.462 e. The van der Waals surface area contributed by atoms with E-state index in [0.29, 0.717) is 36.4 Å². The van der Waals surface area contributed by atoms with Crippen LogP contribution in [-0.2, 0) is 29.3 Å². The van der Waals surface area contributed by atoms with Crippen molar-refractivity contribution in [2.75, 3.05) is 13.2 Å². The van der Waals surface area contributed by atoms with E-state index in [-0.39, 0.29) is 47.6 Å². The molecule has 6 atom stereocenters. The second-order valence-corrected chi connectivity index (χ2v) is 15.3. The molecule has 0 spiro atoms. The summed E-state index contributed by atoms with van der Waals surface area (Å²) in [5, 5.41) is 0. The number of ether oxygens (including phenoxy) is 1. The van der Waals surface area contributed by atoms with Crippen molar-refractivity contribution in [3.8, 4) is 11.1 Å². The molecule has 0 amide bonds. The highest BCUT2D eigenvalue weighted by molar-refractivity contribution is 7.53. The summed E-state index contributed by atoms with van der Waals surface area (Å²) < 4.78 is 55.2. The van der Waals surface area contributed by atoms with Crippen LogP contribution < -0.4 is 5.73 Å². The van der Waals surface area contributed by atoms with Gasteiger partial charge in [0, 0.05) is 23.4 Å². The molecule has 2 aliphatic rings. The van der Waals surface area contributed by atoms with Gasteiger partial charge in [-0.2, -0.15) is 0 Å². The Morgan fingerprint density at radius 2 is 1.67 bits per heavy atom. The quantitative estimate of drug-likeness (QED) is 0.113. The lowest BCUT2D eigenvalue weighted by Gasteiger charge is -2.41. The lowest BCUT2D eigenvalue weighted by atomic mass is 9.61. The van der Waals surface area contributed by atoms with Crippen molar-refractivity contribution in [1.82, 2.24) is 4.98 Å². The van der Waals surface area contributed by atoms with E-state index in [0.717, 1.165) is 35.1 Å². The van der Waals surface area contributed by atoms with Crippen LogP contribution in [0.2, 0.25) is 0 Å². The topological polar surface area (TPSA) is 101 Å². The van der Waals surface area contributed by atoms with Crippen molar-refractivity contribution in [2.24, 2.45) is 35.3 Å². The van der Waals surface area contributed by atoms with Gasteiger partial charge in [0.15, 0.2) is 0 Å². The minimum Gasteiger partial charge on any atom is -0.462 e. The van der Waals surface area contributed by atoms with Crippen LogP contribution in [0.5, 0.6) is 0 Å². The van der Waals surface area contributed by atoms with Gasteiger partial charge < -0.3 is 19.5 Å². The minimum atomic E-state index is -3.16. The van der Waals surface area contributed by atoms with E-state index in [1.54, 1.807) is 38.2 Å². The fourth-order valence-electron chi connectivity index (χ4n) is 7.26. The van der Waals surface area contributed by atoms with Crippen LogP contribution in [0, 0.1) is 41.2 Å². The molecule has 2 heterocycles. The number of nitrogens with zero attached hydrogens (tertiary/aromatic N) is 1. The molecule has 0 bridgehead atoms. The van der Waals surface area contributed by atoms with Crippen LogP contribution in [0.25, 0.3) is 16.7 Å². The Bertz CT molecular complexity index is 1750. The summed E-state index contributed by atoms with van der Waals surface area (Å²) >= 11 is 0. The molecule has 10 heteroatoms. The van der Waals surface area contributed by atoms with Gasteiger partial charge in [-0.15, -0.1) is 0 Å². The van der Waals surface area contributed by atoms with E-state index in [1.165, 1.54) is 24.3 Å². The molecule has 5 rings (SSSR count). The van der Waals surface area contributed by atoms with E-state index in [1.807, 2.05) is 50.3 Å². The van der Waals surface area contributed by atoms with Gasteiger partial charge in [-0.05, 0) is 111 Å². The lowest BCUT2D eigenvalue weighted by molar-refractivity contribution is -0.144. The third-order valence-corrected chi connectivity index (χ3v) is 11.7. The number of hydrogen-bond donors (Lipinski definition) is 1. The highest BCUT2D eigenvalue weighted by atomic mass is 31.2. The zero-order chi connectivity index (χ0) is 37.1. The van der Waals surface area contributed by atoms with Gasteiger partial charge in [-0.1, -0.05) is 62.8 Å². The molecule has 7 nitrogen and oxygen atoms in total. The zero-order valence-electron chi connectivity index (χ0n) is 30.4. The Balaban J connectivity index is 0.000000238. The number of hydrogen-bond acceptors (Lipinski definition) is 7. The average molecular weight is 721 g/mol. The minimum absolute atomic E-state index is 0.00206. The second-order valence-electron chi connectivity index (χ2n) is 13.2. The Kier molecular flexibility index (Phi) is 14.5. The number of aromatic nitrogens is 1. The number of carbonyl (C=O) groups excluding carboxylic acids is 1. The van der Waals surface area contributed by atoms with Crippen molar-refractivity contribution in [3.63, 3.8) is 0 Å². The summed E-state index contributed by atoms with van der Waals surface area (Å²) in [7, 11) is -3.16. The van der Waals surface area contributed by atoms with E-state index in [4.69, 9.17) is 19.5 Å². The second kappa shape index (κ2) is 18.5. The van der Waals surface area contributed by atoms with Crippen molar-refractivity contribution in [2.45, 2.75) is 66.6 Å². The smallest absolute Gasteiger partial charge is 0.336 e. The Labute approximate surface area is 301 Å². The number of esters is 1. The summed E-state index contributed by atoms with van der Waals surface area (Å²) in [5.74, 6) is 0.903. The van der Waals surface area contributed by atoms with E-state index >= 15 is 0 Å². The van der Waals surface area contributed by atoms with Gasteiger partial charge in [0.25, 0.3) is 0 Å². The van der Waals surface area contributed by atoms with Crippen molar-refractivity contribution in [3.05, 3.63) is 120 Å². The van der Waals surface area contributed by atoms with Gasteiger partial charge in [0.05, 0.1) is 31.0 Å². The van der Waals surface area contributed by atoms with Crippen LogP contribution in [0.1, 0.15) is 65.6 Å². The molecule has 274 valence electrons. The number of pyridine rings is 1. The maximum atomic E-state index is 13.4. The number of nitrogens with two attached hydrogens (primary N) is 1. The van der Waals surface area contributed by atoms with Gasteiger partial charge in [-0.25, -0.2) is 8.78 Å². The number of allylic oxidation sites excluding steroid dienone is 5. The molecule has 2 N–H and O–H groups in total. The monoisotopic (exact) mass is 720 g/mol. The van der Waals surface area contributed by atoms with E-state index in [9.17, 15) is 18.1 Å². The normalized spacial score (nSPS) is 23.8. The Morgan fingerprint density at radius 1 is 0.980 bits per heavy atom. The Hall–Kier alpha value is -3.91. The van der Waals surface area contributed by atoms with Crippen LogP contribution in [0.3, 0.4) is 0 Å². The number of fused-ring (bicyclic) bond motifs is 1. The number of carbonyl (C=O) groups is 1. The zero-order valence-corrected chi connectivity index (χ0v) is 31.3. The molecule has 1 aliphatic heterocycles. The fourth-order valence-corrected chi connectivity index (χ4v) is 8.89. The Morgan fingerprint density at radius 3 is 2.27 bits per heavy atom. The lowest BCUT2D eigenvalue weighted by Crippen LogP contribution is -2.40. The number of rotatable bonds is 12. The molecule has 1 aliphatic carbocycles. The molecule has 6 unspecified atom stereocenters. The SMILES string of the molecule is CCC1C(C)CC2C(=O)OC(C)C2C1/C=C/C(N)=C/C=C(\C)c1cccc(F)c1.CCOP(=O)(Cc1ccc(-c2cccc(F)c2)cn1)OCC. The molecule has 2 aromatic carbocycles. The van der Waals surface area contributed by atoms with Gasteiger partial charge in [0.2, 0.25) is 0 Å². The molecule has 51 heavy (non-hydrogen) atoms. The summed E-state index contributed by atoms with van der Waals surface area (Å²) in [6, 6.07) is 16.4. The molecule has 1 aromatic heterocycles. The van der Waals surface area contributed by atoms with Crippen molar-refractivity contribution in [1.29, 1.82) is 0 Å². The summed E-state index contributed by atoms with van der Waals surface area (Å²) in [6.07, 6.45) is 11.6. The first-order chi connectivity index (χ1) is 24.4. The highest BCUT2D eigenvalue weighted by Gasteiger charge is 2.52. The standard InChI is InChI=1S/C25H32FNO2.C16H19FNO3P/c1-5-21-16(3)13-23-24(17(4)29-25(23)28)22(21)12-11-20(27)10-9-15(2)18-7-6-8-19(26)14-18;1-3-20-22(19,21-4-2)12-16-9-8-14(11-18-16)13-6-5-7-15(17)10-13/h6-12,14,16-17,21-24H,5,13,27H2,1-4H3;5-11H,3-4,12H2,1-2H3/b12-11+,15-9+,20-10-;. The van der Waals surface area contributed by atoms with E-state index < -0.39 is 7.60 Å². The van der Waals surface area contributed by atoms with Crippen molar-refractivity contribution >= 4 is 19.1 Å². The summed E-state index contributed by atoms with van der Waals surface area (Å²) in [5.41, 5.74) is 10.8. The van der Waals surface area contributed by atoms with Crippen LogP contribution in [0.15, 0.2) is 96.9 Å². The maximum Gasteiger partial charge on any atom is 0.336 e. The predicted molar refractivity (Wildman–Crippen MR) is 199 cm³/mol. The predicted octanol–water partition coefficient (Wildman–Crippen LogP) is 10.1. The molecule has 1 saturated carbocycles. The van der Waals surface area contributed by atoms with E-state index in [2.05, 4.69) is 24.9 Å². The maximum absolute atomic E-state index is 13.4. The van der Waals surface area contributed by atoms with Crippen molar-refractivity contribution < 1.29 is 31.9 Å². The third kappa shape index (κ3) is 10.8. The first-order valence-electron chi connectivity index (χ1n) is 17.8. The number of cyclic esters (lactones) is 1. The average Bonchev–Trinajstić information content (AvgIpc) is 3.38. The highest BCUT2D eigenvalue weighted by Crippen LogP contribution is 2.51. The number of benzene rings is 2. The molecule has 2 fully saturated rings. The van der Waals surface area contributed by atoms with Crippen LogP contribution >= 0.6 is 7.60 Å².